The number of likely N-dealkylation sites (N-methyl/N-ethyl adjacent to an activating group) is 1. The van der Waals surface area contributed by atoms with Crippen molar-refractivity contribution >= 4 is 5.91 Å². The zero-order valence-corrected chi connectivity index (χ0v) is 11.9. The summed E-state index contributed by atoms with van der Waals surface area (Å²) < 4.78 is 4.93. The Balaban J connectivity index is 2.00. The second-order valence-electron chi connectivity index (χ2n) is 5.02. The van der Waals surface area contributed by atoms with E-state index >= 15 is 0 Å². The van der Waals surface area contributed by atoms with Gasteiger partial charge in [-0.25, -0.2) is 0 Å². The summed E-state index contributed by atoms with van der Waals surface area (Å²) in [6.45, 7) is 5.14. The van der Waals surface area contributed by atoms with Crippen LogP contribution in [0.4, 0.5) is 0 Å². The van der Waals surface area contributed by atoms with Crippen LogP contribution in [-0.2, 0) is 9.53 Å². The van der Waals surface area contributed by atoms with Crippen LogP contribution in [0.3, 0.4) is 0 Å². The van der Waals surface area contributed by atoms with Gasteiger partial charge in [0.15, 0.2) is 0 Å². The lowest BCUT2D eigenvalue weighted by Gasteiger charge is -2.18. The first-order chi connectivity index (χ1) is 8.65. The maximum Gasteiger partial charge on any atom is 0.236 e. The molecule has 1 rings (SSSR count). The third-order valence-corrected chi connectivity index (χ3v) is 3.30. The molecule has 1 aliphatic carbocycles. The fourth-order valence-electron chi connectivity index (χ4n) is 1.83. The highest BCUT2D eigenvalue weighted by Crippen LogP contribution is 2.24. The van der Waals surface area contributed by atoms with E-state index in [1.54, 1.807) is 7.11 Å². The minimum absolute atomic E-state index is 0.0696. The quantitative estimate of drug-likeness (QED) is 0.549. The molecule has 1 atom stereocenters. The van der Waals surface area contributed by atoms with Gasteiger partial charge in [0.2, 0.25) is 5.91 Å². The maximum atomic E-state index is 11.7. The zero-order valence-electron chi connectivity index (χ0n) is 11.9. The van der Waals surface area contributed by atoms with Crippen LogP contribution in [0.2, 0.25) is 0 Å². The number of ether oxygens (including phenoxy) is 1. The molecule has 0 aromatic rings. The van der Waals surface area contributed by atoms with Crippen molar-refractivity contribution in [1.82, 2.24) is 15.5 Å². The predicted molar refractivity (Wildman–Crippen MR) is 72.6 cm³/mol. The zero-order chi connectivity index (χ0) is 13.4. The Morgan fingerprint density at radius 1 is 1.44 bits per heavy atom. The number of carbonyl (C=O) groups is 1. The van der Waals surface area contributed by atoms with Crippen molar-refractivity contribution in [3.8, 4) is 0 Å². The van der Waals surface area contributed by atoms with Crippen LogP contribution in [0.15, 0.2) is 0 Å². The van der Waals surface area contributed by atoms with Crippen LogP contribution >= 0.6 is 0 Å². The van der Waals surface area contributed by atoms with Crippen molar-refractivity contribution in [3.63, 3.8) is 0 Å². The Morgan fingerprint density at radius 3 is 2.78 bits per heavy atom. The smallest absolute Gasteiger partial charge is 0.236 e. The van der Waals surface area contributed by atoms with E-state index in [9.17, 15) is 4.79 Å². The topological polar surface area (TPSA) is 53.6 Å². The van der Waals surface area contributed by atoms with Gasteiger partial charge in [-0.05, 0) is 33.2 Å². The molecule has 0 aromatic carbocycles. The Bertz CT molecular complexity index is 244. The van der Waals surface area contributed by atoms with Gasteiger partial charge in [0.05, 0.1) is 6.04 Å². The molecular formula is C13H27N3O2. The first kappa shape index (κ1) is 15.4. The molecule has 1 aliphatic rings. The number of carbonyl (C=O) groups excluding carboxylic acids is 1. The van der Waals surface area contributed by atoms with Crippen LogP contribution in [0, 0.1) is 0 Å². The summed E-state index contributed by atoms with van der Waals surface area (Å²) >= 11 is 0. The van der Waals surface area contributed by atoms with E-state index in [-0.39, 0.29) is 11.9 Å². The number of amides is 1. The molecule has 0 aromatic heterocycles. The van der Waals surface area contributed by atoms with Crippen molar-refractivity contribution < 1.29 is 9.53 Å². The van der Waals surface area contributed by atoms with Gasteiger partial charge in [-0.3, -0.25) is 4.79 Å². The number of rotatable bonds is 10. The molecule has 0 spiro atoms. The number of methoxy groups -OCH3 is 1. The Hall–Kier alpha value is -0.650. The summed E-state index contributed by atoms with van der Waals surface area (Å²) in [5, 5.41) is 6.15. The molecule has 1 unspecified atom stereocenters. The van der Waals surface area contributed by atoms with E-state index in [1.165, 1.54) is 12.8 Å². The molecule has 0 bridgehead atoms. The molecule has 1 amide bonds. The Labute approximate surface area is 110 Å². The van der Waals surface area contributed by atoms with E-state index in [2.05, 4.69) is 22.6 Å². The van der Waals surface area contributed by atoms with Crippen molar-refractivity contribution in [1.29, 1.82) is 0 Å². The molecule has 1 fully saturated rings. The van der Waals surface area contributed by atoms with Crippen molar-refractivity contribution in [2.75, 3.05) is 40.4 Å². The fraction of sp³-hybridized carbons (Fsp3) is 0.923. The minimum Gasteiger partial charge on any atom is -0.385 e. The van der Waals surface area contributed by atoms with Gasteiger partial charge in [0, 0.05) is 39.4 Å². The third-order valence-electron chi connectivity index (χ3n) is 3.30. The van der Waals surface area contributed by atoms with Gasteiger partial charge >= 0.3 is 0 Å². The van der Waals surface area contributed by atoms with Crippen molar-refractivity contribution in [2.24, 2.45) is 0 Å². The van der Waals surface area contributed by atoms with Crippen molar-refractivity contribution in [2.45, 2.75) is 38.3 Å². The molecule has 0 saturated heterocycles. The summed E-state index contributed by atoms with van der Waals surface area (Å²) in [6.07, 6.45) is 3.51. The largest absolute Gasteiger partial charge is 0.385 e. The Morgan fingerprint density at radius 2 is 2.17 bits per heavy atom. The van der Waals surface area contributed by atoms with E-state index in [1.807, 2.05) is 6.92 Å². The van der Waals surface area contributed by atoms with Gasteiger partial charge in [0.25, 0.3) is 0 Å². The van der Waals surface area contributed by atoms with E-state index in [0.717, 1.165) is 25.6 Å². The average Bonchev–Trinajstić information content (AvgIpc) is 3.18. The summed E-state index contributed by atoms with van der Waals surface area (Å²) in [7, 11) is 3.82. The number of nitrogens with one attached hydrogen (secondary N) is 2. The summed E-state index contributed by atoms with van der Waals surface area (Å²) in [5.74, 6) is 0.0696. The first-order valence-electron chi connectivity index (χ1n) is 6.85. The molecule has 1 saturated carbocycles. The maximum absolute atomic E-state index is 11.7. The lowest BCUT2D eigenvalue weighted by Crippen LogP contribution is -2.45. The fourth-order valence-corrected chi connectivity index (χ4v) is 1.83. The lowest BCUT2D eigenvalue weighted by molar-refractivity contribution is -0.122. The monoisotopic (exact) mass is 257 g/mol. The minimum atomic E-state index is -0.125. The van der Waals surface area contributed by atoms with Crippen LogP contribution in [-0.4, -0.2) is 63.3 Å². The summed E-state index contributed by atoms with van der Waals surface area (Å²) in [4.78, 5) is 14.1. The van der Waals surface area contributed by atoms with Crippen LogP contribution in [0.1, 0.15) is 26.2 Å². The van der Waals surface area contributed by atoms with Gasteiger partial charge in [0.1, 0.15) is 0 Å². The lowest BCUT2D eigenvalue weighted by atomic mass is 10.3. The van der Waals surface area contributed by atoms with Gasteiger partial charge in [-0.1, -0.05) is 0 Å². The first-order valence-corrected chi connectivity index (χ1v) is 6.85. The molecule has 0 aliphatic heterocycles. The molecule has 18 heavy (non-hydrogen) atoms. The molecule has 0 heterocycles. The SMILES string of the molecule is COCCCNC(=O)C(C)NCCN(C)C1CC1. The van der Waals surface area contributed by atoms with Gasteiger partial charge in [-0.2, -0.15) is 0 Å². The number of nitrogens with zero attached hydrogens (tertiary/aromatic N) is 1. The van der Waals surface area contributed by atoms with E-state index in [4.69, 9.17) is 4.74 Å². The molecule has 106 valence electrons. The highest BCUT2D eigenvalue weighted by Gasteiger charge is 2.25. The molecular weight excluding hydrogens is 230 g/mol. The van der Waals surface area contributed by atoms with Crippen LogP contribution in [0.5, 0.6) is 0 Å². The second kappa shape index (κ2) is 8.45. The molecule has 0 radical (unpaired) electrons. The highest BCUT2D eigenvalue weighted by atomic mass is 16.5. The second-order valence-corrected chi connectivity index (χ2v) is 5.02. The highest BCUT2D eigenvalue weighted by molar-refractivity contribution is 5.81. The number of hydrogen-bond donors (Lipinski definition) is 2. The summed E-state index contributed by atoms with van der Waals surface area (Å²) in [5.41, 5.74) is 0. The molecule has 2 N–H and O–H groups in total. The van der Waals surface area contributed by atoms with Crippen molar-refractivity contribution in [3.05, 3.63) is 0 Å². The van der Waals surface area contributed by atoms with Gasteiger partial charge in [-0.15, -0.1) is 0 Å². The predicted octanol–water partition coefficient (Wildman–Crippen LogP) is 0.211. The molecule has 5 heteroatoms. The van der Waals surface area contributed by atoms with Crippen LogP contribution in [0.25, 0.3) is 0 Å². The standard InChI is InChI=1S/C13H27N3O2/c1-11(13(17)15-7-4-10-18-3)14-8-9-16(2)12-5-6-12/h11-12,14H,4-10H2,1-3H3,(H,15,17). The Kier molecular flexibility index (Phi) is 7.23. The number of hydrogen-bond acceptors (Lipinski definition) is 4. The van der Waals surface area contributed by atoms with Gasteiger partial charge < -0.3 is 20.3 Å². The molecule has 5 nitrogen and oxygen atoms in total. The normalized spacial score (nSPS) is 16.9. The average molecular weight is 257 g/mol. The third kappa shape index (κ3) is 6.33. The summed E-state index contributed by atoms with van der Waals surface area (Å²) in [6, 6.07) is 0.658. The van der Waals surface area contributed by atoms with E-state index < -0.39 is 0 Å². The van der Waals surface area contributed by atoms with E-state index in [0.29, 0.717) is 13.2 Å². The van der Waals surface area contributed by atoms with Crippen LogP contribution < -0.4 is 10.6 Å².